The van der Waals surface area contributed by atoms with Crippen molar-refractivity contribution in [1.29, 1.82) is 0 Å². The molecule has 0 saturated heterocycles. The highest BCUT2D eigenvalue weighted by Crippen LogP contribution is 2.33. The normalized spacial score (nSPS) is 14.7. The first kappa shape index (κ1) is 22.3. The molecular formula is C16H33IN4O2. The fraction of sp³-hybridized carbons (Fsp3) is 0.875. The van der Waals surface area contributed by atoms with Crippen LogP contribution in [0.5, 0.6) is 0 Å². The van der Waals surface area contributed by atoms with Gasteiger partial charge >= 0.3 is 6.09 Å². The van der Waals surface area contributed by atoms with E-state index in [0.29, 0.717) is 13.1 Å². The standard InChI is InChI=1S/C16H32N4O2.HI/c1-5-17-14(18-10-6-7-13-8-9-13)19-11-12-20-15(21)22-16(2,3)4;/h13H,5-12H2,1-4H3,(H,20,21)(H2,17,18,19);1H. The molecule has 1 aliphatic carbocycles. The maximum Gasteiger partial charge on any atom is 0.407 e. The Hall–Kier alpha value is -0.730. The maximum atomic E-state index is 11.5. The molecule has 23 heavy (non-hydrogen) atoms. The monoisotopic (exact) mass is 440 g/mol. The van der Waals surface area contributed by atoms with Gasteiger partial charge in [0, 0.05) is 26.2 Å². The second-order valence-electron chi connectivity index (χ2n) is 6.70. The first-order chi connectivity index (χ1) is 10.4. The number of halogens is 1. The van der Waals surface area contributed by atoms with Crippen LogP contribution in [0.15, 0.2) is 4.99 Å². The summed E-state index contributed by atoms with van der Waals surface area (Å²) in [5.74, 6) is 1.77. The molecule has 6 nitrogen and oxygen atoms in total. The van der Waals surface area contributed by atoms with Crippen molar-refractivity contribution in [2.75, 3.05) is 26.2 Å². The van der Waals surface area contributed by atoms with E-state index in [9.17, 15) is 4.79 Å². The number of carbonyl (C=O) groups excluding carboxylic acids is 1. The average molecular weight is 440 g/mol. The molecule has 0 aromatic rings. The van der Waals surface area contributed by atoms with E-state index in [1.807, 2.05) is 27.7 Å². The van der Waals surface area contributed by atoms with Crippen LogP contribution in [0.2, 0.25) is 0 Å². The molecule has 7 heteroatoms. The molecule has 1 saturated carbocycles. The van der Waals surface area contributed by atoms with Crippen LogP contribution >= 0.6 is 24.0 Å². The Morgan fingerprint density at radius 1 is 1.17 bits per heavy atom. The molecule has 0 aromatic heterocycles. The van der Waals surface area contributed by atoms with E-state index in [4.69, 9.17) is 4.74 Å². The number of carbonyl (C=O) groups is 1. The summed E-state index contributed by atoms with van der Waals surface area (Å²) >= 11 is 0. The lowest BCUT2D eigenvalue weighted by molar-refractivity contribution is 0.0529. The fourth-order valence-electron chi connectivity index (χ4n) is 1.98. The van der Waals surface area contributed by atoms with Gasteiger partial charge < -0.3 is 20.7 Å². The number of hydrogen-bond acceptors (Lipinski definition) is 3. The third kappa shape index (κ3) is 13.4. The molecule has 1 fully saturated rings. The molecule has 0 bridgehead atoms. The van der Waals surface area contributed by atoms with Crippen molar-refractivity contribution in [1.82, 2.24) is 16.0 Å². The maximum absolute atomic E-state index is 11.5. The van der Waals surface area contributed by atoms with Crippen LogP contribution in [-0.4, -0.2) is 43.8 Å². The van der Waals surface area contributed by atoms with E-state index in [-0.39, 0.29) is 30.1 Å². The van der Waals surface area contributed by atoms with Gasteiger partial charge in [-0.05, 0) is 46.5 Å². The minimum absolute atomic E-state index is 0. The predicted molar refractivity (Wildman–Crippen MR) is 106 cm³/mol. The van der Waals surface area contributed by atoms with Gasteiger partial charge in [0.05, 0.1) is 0 Å². The van der Waals surface area contributed by atoms with Gasteiger partial charge in [-0.3, -0.25) is 4.99 Å². The molecule has 1 rings (SSSR count). The number of alkyl carbamates (subject to hydrolysis) is 1. The van der Waals surface area contributed by atoms with Crippen LogP contribution in [-0.2, 0) is 4.74 Å². The molecule has 1 amide bonds. The van der Waals surface area contributed by atoms with Gasteiger partial charge in [-0.15, -0.1) is 24.0 Å². The van der Waals surface area contributed by atoms with E-state index in [1.54, 1.807) is 0 Å². The third-order valence-corrected chi connectivity index (χ3v) is 3.17. The molecule has 0 spiro atoms. The van der Waals surface area contributed by atoms with Crippen molar-refractivity contribution in [3.63, 3.8) is 0 Å². The van der Waals surface area contributed by atoms with E-state index < -0.39 is 5.60 Å². The van der Waals surface area contributed by atoms with Gasteiger partial charge in [0.2, 0.25) is 0 Å². The number of aliphatic imine (C=N–C) groups is 1. The summed E-state index contributed by atoms with van der Waals surface area (Å²) in [4.78, 5) is 16.0. The Labute approximate surface area is 157 Å². The SMILES string of the molecule is CCNC(=NCCCC1CC1)NCCNC(=O)OC(C)(C)C.I. The Bertz CT molecular complexity index is 366. The van der Waals surface area contributed by atoms with Gasteiger partial charge in [-0.25, -0.2) is 4.79 Å². The van der Waals surface area contributed by atoms with Gasteiger partial charge in [0.25, 0.3) is 0 Å². The Balaban J connectivity index is 0.00000484. The van der Waals surface area contributed by atoms with E-state index in [0.717, 1.165) is 31.4 Å². The molecule has 136 valence electrons. The minimum atomic E-state index is -0.463. The summed E-state index contributed by atoms with van der Waals surface area (Å²) < 4.78 is 5.18. The number of rotatable bonds is 8. The third-order valence-electron chi connectivity index (χ3n) is 3.17. The summed E-state index contributed by atoms with van der Waals surface area (Å²) in [6.07, 6.45) is 4.86. The predicted octanol–water partition coefficient (Wildman–Crippen LogP) is 2.87. The number of hydrogen-bond donors (Lipinski definition) is 3. The molecule has 1 aliphatic rings. The number of ether oxygens (including phenoxy) is 1. The van der Waals surface area contributed by atoms with Gasteiger partial charge in [-0.1, -0.05) is 12.8 Å². The first-order valence-corrected chi connectivity index (χ1v) is 8.39. The van der Waals surface area contributed by atoms with Gasteiger partial charge in [-0.2, -0.15) is 0 Å². The highest BCUT2D eigenvalue weighted by atomic mass is 127. The van der Waals surface area contributed by atoms with Crippen molar-refractivity contribution in [3.05, 3.63) is 0 Å². The van der Waals surface area contributed by atoms with Crippen LogP contribution in [0.4, 0.5) is 4.79 Å². The molecule has 0 unspecified atom stereocenters. The van der Waals surface area contributed by atoms with Crippen molar-refractivity contribution in [2.45, 2.75) is 59.0 Å². The summed E-state index contributed by atoms with van der Waals surface area (Å²) in [6, 6.07) is 0. The second kappa shape index (κ2) is 11.8. The number of nitrogens with one attached hydrogen (secondary N) is 3. The largest absolute Gasteiger partial charge is 0.444 e. The van der Waals surface area contributed by atoms with Crippen LogP contribution in [0.25, 0.3) is 0 Å². The Kier molecular flexibility index (Phi) is 11.4. The summed E-state index contributed by atoms with van der Waals surface area (Å²) in [7, 11) is 0. The van der Waals surface area contributed by atoms with Gasteiger partial charge in [0.1, 0.15) is 5.60 Å². The number of amides is 1. The summed E-state index contributed by atoms with van der Waals surface area (Å²) in [5.41, 5.74) is -0.463. The zero-order valence-electron chi connectivity index (χ0n) is 14.9. The second-order valence-corrected chi connectivity index (χ2v) is 6.70. The molecule has 0 heterocycles. The topological polar surface area (TPSA) is 74.8 Å². The molecule has 0 aliphatic heterocycles. The van der Waals surface area contributed by atoms with Crippen LogP contribution in [0.3, 0.4) is 0 Å². The summed E-state index contributed by atoms with van der Waals surface area (Å²) in [6.45, 7) is 10.4. The van der Waals surface area contributed by atoms with E-state index in [2.05, 4.69) is 20.9 Å². The average Bonchev–Trinajstić information content (AvgIpc) is 3.21. The molecule has 0 radical (unpaired) electrons. The number of nitrogens with zero attached hydrogens (tertiary/aromatic N) is 1. The summed E-state index contributed by atoms with van der Waals surface area (Å²) in [5, 5.41) is 9.14. The van der Waals surface area contributed by atoms with Crippen LogP contribution in [0.1, 0.15) is 53.4 Å². The lowest BCUT2D eigenvalue weighted by Gasteiger charge is -2.19. The Morgan fingerprint density at radius 2 is 1.83 bits per heavy atom. The van der Waals surface area contributed by atoms with Crippen LogP contribution in [0, 0.1) is 5.92 Å². The lowest BCUT2D eigenvalue weighted by Crippen LogP contribution is -2.42. The quantitative estimate of drug-likeness (QED) is 0.235. The van der Waals surface area contributed by atoms with Gasteiger partial charge in [0.15, 0.2) is 5.96 Å². The molecular weight excluding hydrogens is 407 g/mol. The lowest BCUT2D eigenvalue weighted by atomic mass is 10.2. The van der Waals surface area contributed by atoms with Crippen LogP contribution < -0.4 is 16.0 Å². The highest BCUT2D eigenvalue weighted by molar-refractivity contribution is 14.0. The fourth-order valence-corrected chi connectivity index (χ4v) is 1.98. The van der Waals surface area contributed by atoms with Crippen molar-refractivity contribution < 1.29 is 9.53 Å². The smallest absolute Gasteiger partial charge is 0.407 e. The molecule has 0 atom stereocenters. The number of guanidine groups is 1. The zero-order valence-corrected chi connectivity index (χ0v) is 17.2. The molecule has 0 aromatic carbocycles. The van der Waals surface area contributed by atoms with Crippen molar-refractivity contribution >= 4 is 36.0 Å². The zero-order chi connectivity index (χ0) is 16.4. The van der Waals surface area contributed by atoms with E-state index in [1.165, 1.54) is 19.3 Å². The van der Waals surface area contributed by atoms with Crippen molar-refractivity contribution in [3.8, 4) is 0 Å². The first-order valence-electron chi connectivity index (χ1n) is 8.39. The minimum Gasteiger partial charge on any atom is -0.444 e. The van der Waals surface area contributed by atoms with E-state index >= 15 is 0 Å². The molecule has 3 N–H and O–H groups in total. The van der Waals surface area contributed by atoms with Crippen molar-refractivity contribution in [2.24, 2.45) is 10.9 Å². The Morgan fingerprint density at radius 3 is 2.39 bits per heavy atom. The highest BCUT2D eigenvalue weighted by Gasteiger charge is 2.19.